The first-order valence-corrected chi connectivity index (χ1v) is 7.23. The maximum atomic E-state index is 13.1. The molecule has 1 aliphatic rings. The van der Waals surface area contributed by atoms with Gasteiger partial charge in [-0.15, -0.1) is 11.8 Å². The zero-order valence-corrected chi connectivity index (χ0v) is 11.3. The molecule has 2 nitrogen and oxygen atoms in total. The predicted octanol–water partition coefficient (Wildman–Crippen LogP) is 3.20. The zero-order valence-electron chi connectivity index (χ0n) is 10.4. The topological polar surface area (TPSA) is 35.8 Å². The molecule has 0 aromatic heterocycles. The average Bonchev–Trinajstić information content (AvgIpc) is 3.19. The summed E-state index contributed by atoms with van der Waals surface area (Å²) in [5.41, 5.74) is -0.453. The predicted molar refractivity (Wildman–Crippen MR) is 71.9 cm³/mol. The highest BCUT2D eigenvalue weighted by Gasteiger charge is 2.45. The van der Waals surface area contributed by atoms with Crippen molar-refractivity contribution in [1.29, 1.82) is 5.26 Å². The van der Waals surface area contributed by atoms with Crippen LogP contribution in [-0.4, -0.2) is 17.8 Å². The van der Waals surface area contributed by atoms with Crippen molar-refractivity contribution in [2.45, 2.75) is 30.2 Å². The molecule has 4 heteroatoms. The second-order valence-electron chi connectivity index (χ2n) is 4.63. The van der Waals surface area contributed by atoms with Crippen molar-refractivity contribution >= 4 is 11.8 Å². The van der Waals surface area contributed by atoms with Gasteiger partial charge in [0.25, 0.3) is 0 Å². The molecule has 0 spiro atoms. The molecular formula is C14H17FN2S. The Hall–Kier alpha value is -1.05. The third-order valence-electron chi connectivity index (χ3n) is 3.23. The van der Waals surface area contributed by atoms with Gasteiger partial charge in [0.1, 0.15) is 11.4 Å². The lowest BCUT2D eigenvalue weighted by molar-refractivity contribution is 0.416. The molecule has 1 N–H and O–H groups in total. The molecule has 0 aliphatic heterocycles. The van der Waals surface area contributed by atoms with Crippen molar-refractivity contribution in [1.82, 2.24) is 5.32 Å². The van der Waals surface area contributed by atoms with Crippen LogP contribution in [0.4, 0.5) is 4.39 Å². The summed E-state index contributed by atoms with van der Waals surface area (Å²) in [5.74, 6) is 0.895. The number of nitrogens with one attached hydrogen (secondary N) is 1. The summed E-state index contributed by atoms with van der Waals surface area (Å²) >= 11 is 1.55. The minimum atomic E-state index is -0.453. The molecule has 1 atom stereocenters. The maximum absolute atomic E-state index is 13.1. The highest BCUT2D eigenvalue weighted by Crippen LogP contribution is 2.42. The van der Waals surface area contributed by atoms with E-state index in [0.717, 1.165) is 24.3 Å². The van der Waals surface area contributed by atoms with Crippen LogP contribution in [0, 0.1) is 23.1 Å². The fourth-order valence-electron chi connectivity index (χ4n) is 2.12. The van der Waals surface area contributed by atoms with Gasteiger partial charge in [0, 0.05) is 10.6 Å². The average molecular weight is 264 g/mol. The van der Waals surface area contributed by atoms with Crippen molar-refractivity contribution in [3.8, 4) is 6.07 Å². The Morgan fingerprint density at radius 2 is 2.33 bits per heavy atom. The van der Waals surface area contributed by atoms with Gasteiger partial charge >= 0.3 is 0 Å². The Morgan fingerprint density at radius 1 is 1.56 bits per heavy atom. The van der Waals surface area contributed by atoms with Gasteiger partial charge in [-0.25, -0.2) is 4.39 Å². The highest BCUT2D eigenvalue weighted by atomic mass is 32.2. The summed E-state index contributed by atoms with van der Waals surface area (Å²) in [6.07, 6.45) is 2.23. The van der Waals surface area contributed by atoms with Crippen molar-refractivity contribution in [2.24, 2.45) is 5.92 Å². The number of thioether (sulfide) groups is 1. The van der Waals surface area contributed by atoms with Crippen LogP contribution in [0.15, 0.2) is 29.2 Å². The van der Waals surface area contributed by atoms with Gasteiger partial charge in [-0.3, -0.25) is 5.32 Å². The molecule has 0 heterocycles. The van der Waals surface area contributed by atoms with Crippen LogP contribution in [-0.2, 0) is 0 Å². The first kappa shape index (κ1) is 13.4. The van der Waals surface area contributed by atoms with E-state index >= 15 is 0 Å². The van der Waals surface area contributed by atoms with E-state index in [0.29, 0.717) is 11.7 Å². The summed E-state index contributed by atoms with van der Waals surface area (Å²) in [6.45, 7) is 2.80. The van der Waals surface area contributed by atoms with E-state index in [1.807, 2.05) is 13.0 Å². The van der Waals surface area contributed by atoms with Crippen molar-refractivity contribution < 1.29 is 4.39 Å². The molecule has 0 saturated heterocycles. The van der Waals surface area contributed by atoms with Gasteiger partial charge < -0.3 is 0 Å². The number of hydrogen-bond donors (Lipinski definition) is 1. The van der Waals surface area contributed by atoms with Crippen molar-refractivity contribution in [2.75, 3.05) is 12.3 Å². The Labute approximate surface area is 112 Å². The van der Waals surface area contributed by atoms with Gasteiger partial charge in [-0.05, 0) is 43.5 Å². The number of nitrogens with zero attached hydrogens (tertiary/aromatic N) is 1. The molecule has 0 amide bonds. The molecule has 0 radical (unpaired) electrons. The minimum absolute atomic E-state index is 0.225. The van der Waals surface area contributed by atoms with E-state index in [9.17, 15) is 9.65 Å². The molecule has 1 saturated carbocycles. The number of hydrogen-bond acceptors (Lipinski definition) is 3. The second-order valence-corrected chi connectivity index (χ2v) is 5.68. The zero-order chi connectivity index (χ0) is 13.0. The lowest BCUT2D eigenvalue weighted by Crippen LogP contribution is -2.48. The fraction of sp³-hybridized carbons (Fsp3) is 0.500. The first-order chi connectivity index (χ1) is 8.70. The fourth-order valence-corrected chi connectivity index (χ4v) is 3.29. The van der Waals surface area contributed by atoms with Gasteiger partial charge in [0.2, 0.25) is 0 Å². The minimum Gasteiger partial charge on any atom is -0.299 e. The monoisotopic (exact) mass is 264 g/mol. The van der Waals surface area contributed by atoms with Crippen LogP contribution in [0.1, 0.15) is 19.8 Å². The number of nitriles is 1. The molecule has 96 valence electrons. The summed E-state index contributed by atoms with van der Waals surface area (Å²) < 4.78 is 13.1. The molecule has 1 aliphatic carbocycles. The smallest absolute Gasteiger partial charge is 0.124 e. The Kier molecular flexibility index (Phi) is 4.26. The molecule has 1 aromatic carbocycles. The van der Waals surface area contributed by atoms with Crippen LogP contribution < -0.4 is 5.32 Å². The van der Waals surface area contributed by atoms with Gasteiger partial charge in [-0.1, -0.05) is 13.0 Å². The van der Waals surface area contributed by atoms with Crippen LogP contribution in [0.3, 0.4) is 0 Å². The van der Waals surface area contributed by atoms with E-state index < -0.39 is 5.54 Å². The summed E-state index contributed by atoms with van der Waals surface area (Å²) in [7, 11) is 0. The number of benzene rings is 1. The molecule has 1 fully saturated rings. The number of rotatable bonds is 6. The maximum Gasteiger partial charge on any atom is 0.124 e. The Balaban J connectivity index is 2.04. The summed E-state index contributed by atoms with van der Waals surface area (Å²) in [6, 6.07) is 8.98. The third-order valence-corrected chi connectivity index (χ3v) is 4.42. The van der Waals surface area contributed by atoms with Gasteiger partial charge in [0.05, 0.1) is 6.07 Å². The molecule has 2 rings (SSSR count). The van der Waals surface area contributed by atoms with E-state index in [2.05, 4.69) is 11.4 Å². The van der Waals surface area contributed by atoms with Gasteiger partial charge in [0.15, 0.2) is 0 Å². The third kappa shape index (κ3) is 3.04. The second kappa shape index (κ2) is 5.73. The van der Waals surface area contributed by atoms with Crippen molar-refractivity contribution in [3.63, 3.8) is 0 Å². The van der Waals surface area contributed by atoms with E-state index in [-0.39, 0.29) is 5.82 Å². The quantitative estimate of drug-likeness (QED) is 0.801. The van der Waals surface area contributed by atoms with E-state index in [1.54, 1.807) is 17.8 Å². The molecular weight excluding hydrogens is 247 g/mol. The molecule has 0 bridgehead atoms. The highest BCUT2D eigenvalue weighted by molar-refractivity contribution is 7.99. The molecule has 18 heavy (non-hydrogen) atoms. The van der Waals surface area contributed by atoms with Crippen LogP contribution in [0.2, 0.25) is 0 Å². The Morgan fingerprint density at radius 3 is 2.89 bits per heavy atom. The van der Waals surface area contributed by atoms with E-state index in [4.69, 9.17) is 0 Å². The van der Waals surface area contributed by atoms with Crippen LogP contribution in [0.25, 0.3) is 0 Å². The molecule has 1 unspecified atom stereocenters. The van der Waals surface area contributed by atoms with Crippen LogP contribution >= 0.6 is 11.8 Å². The molecule has 1 aromatic rings. The summed E-state index contributed by atoms with van der Waals surface area (Å²) in [5, 5.41) is 12.8. The first-order valence-electron chi connectivity index (χ1n) is 6.25. The lowest BCUT2D eigenvalue weighted by atomic mass is 9.98. The number of halogens is 1. The lowest BCUT2D eigenvalue weighted by Gasteiger charge is -2.27. The standard InChI is InChI=1S/C14H17FN2S/c1-2-17-14(9-16,11-6-7-11)10-18-13-5-3-4-12(15)8-13/h3-5,8,11,17H,2,6-7,10H2,1H3. The van der Waals surface area contributed by atoms with Gasteiger partial charge in [-0.2, -0.15) is 5.26 Å². The van der Waals surface area contributed by atoms with Crippen LogP contribution in [0.5, 0.6) is 0 Å². The Bertz CT molecular complexity index is 453. The van der Waals surface area contributed by atoms with Crippen molar-refractivity contribution in [3.05, 3.63) is 30.1 Å². The SMILES string of the molecule is CCNC(C#N)(CSc1cccc(F)c1)C1CC1. The normalized spacial score (nSPS) is 18.1. The van der Waals surface area contributed by atoms with E-state index in [1.165, 1.54) is 12.1 Å². The summed E-state index contributed by atoms with van der Waals surface area (Å²) in [4.78, 5) is 0.883. The largest absolute Gasteiger partial charge is 0.299 e.